The van der Waals surface area contributed by atoms with Crippen LogP contribution in [0.15, 0.2) is 29.3 Å². The summed E-state index contributed by atoms with van der Waals surface area (Å²) in [4.78, 5) is 6.69. The smallest absolute Gasteiger partial charge is 0.190 e. The maximum absolute atomic E-state index is 6.00. The molecule has 0 radical (unpaired) electrons. The molecule has 0 aromatic heterocycles. The van der Waals surface area contributed by atoms with E-state index in [1.54, 1.807) is 0 Å². The van der Waals surface area contributed by atoms with Crippen LogP contribution in [-0.2, 0) is 6.42 Å². The molecule has 1 fully saturated rings. The van der Waals surface area contributed by atoms with Crippen LogP contribution in [0.5, 0.6) is 0 Å². The summed E-state index contributed by atoms with van der Waals surface area (Å²) >= 11 is 6.00. The first kappa shape index (κ1) is 17.1. The predicted molar refractivity (Wildman–Crippen MR) is 94.7 cm³/mol. The highest BCUT2D eigenvalue weighted by molar-refractivity contribution is 6.30. The Morgan fingerprint density at radius 1 is 1.32 bits per heavy atom. The van der Waals surface area contributed by atoms with E-state index < -0.39 is 0 Å². The number of piperidine rings is 1. The fourth-order valence-electron chi connectivity index (χ4n) is 2.75. The van der Waals surface area contributed by atoms with Crippen LogP contribution in [0.4, 0.5) is 0 Å². The molecule has 2 N–H and O–H groups in total. The Kier molecular flexibility index (Phi) is 7.00. The van der Waals surface area contributed by atoms with Crippen molar-refractivity contribution in [2.45, 2.75) is 19.3 Å². The predicted octanol–water partition coefficient (Wildman–Crippen LogP) is 2.39. The SMILES string of the molecule is CN=C(NCCc1cccc(Cl)c1)NCC1CCN(C)CC1. The molecule has 122 valence electrons. The second-order valence-corrected chi connectivity index (χ2v) is 6.44. The van der Waals surface area contributed by atoms with Crippen molar-refractivity contribution in [1.82, 2.24) is 15.5 Å². The van der Waals surface area contributed by atoms with E-state index >= 15 is 0 Å². The third-order valence-corrected chi connectivity index (χ3v) is 4.45. The van der Waals surface area contributed by atoms with Crippen molar-refractivity contribution in [3.05, 3.63) is 34.9 Å². The maximum atomic E-state index is 6.00. The zero-order valence-corrected chi connectivity index (χ0v) is 14.4. The quantitative estimate of drug-likeness (QED) is 0.646. The van der Waals surface area contributed by atoms with E-state index in [9.17, 15) is 0 Å². The molecule has 1 aliphatic heterocycles. The molecule has 1 saturated heterocycles. The van der Waals surface area contributed by atoms with Crippen LogP contribution in [0.3, 0.4) is 0 Å². The van der Waals surface area contributed by atoms with Crippen LogP contribution in [-0.4, -0.2) is 51.1 Å². The van der Waals surface area contributed by atoms with Crippen molar-refractivity contribution in [2.24, 2.45) is 10.9 Å². The number of halogens is 1. The van der Waals surface area contributed by atoms with Crippen LogP contribution < -0.4 is 10.6 Å². The molecule has 2 rings (SSSR count). The van der Waals surface area contributed by atoms with Crippen LogP contribution in [0.25, 0.3) is 0 Å². The molecule has 0 atom stereocenters. The van der Waals surface area contributed by atoms with E-state index in [0.717, 1.165) is 36.4 Å². The van der Waals surface area contributed by atoms with Gasteiger partial charge in [0, 0.05) is 25.2 Å². The van der Waals surface area contributed by atoms with Crippen LogP contribution in [0.1, 0.15) is 18.4 Å². The van der Waals surface area contributed by atoms with Gasteiger partial charge in [-0.2, -0.15) is 0 Å². The average Bonchev–Trinajstić information content (AvgIpc) is 2.52. The van der Waals surface area contributed by atoms with Gasteiger partial charge >= 0.3 is 0 Å². The van der Waals surface area contributed by atoms with Gasteiger partial charge in [-0.1, -0.05) is 23.7 Å². The van der Waals surface area contributed by atoms with Gasteiger partial charge < -0.3 is 15.5 Å². The molecular weight excluding hydrogens is 296 g/mol. The van der Waals surface area contributed by atoms with Gasteiger partial charge in [-0.15, -0.1) is 0 Å². The normalized spacial score (nSPS) is 17.5. The maximum Gasteiger partial charge on any atom is 0.190 e. The number of nitrogens with one attached hydrogen (secondary N) is 2. The Balaban J connectivity index is 1.67. The highest BCUT2D eigenvalue weighted by Gasteiger charge is 2.16. The first-order chi connectivity index (χ1) is 10.7. The average molecular weight is 323 g/mol. The van der Waals surface area contributed by atoms with Crippen molar-refractivity contribution in [2.75, 3.05) is 40.3 Å². The summed E-state index contributed by atoms with van der Waals surface area (Å²) in [6.45, 7) is 4.26. The van der Waals surface area contributed by atoms with Crippen molar-refractivity contribution < 1.29 is 0 Å². The van der Waals surface area contributed by atoms with E-state index in [-0.39, 0.29) is 0 Å². The first-order valence-corrected chi connectivity index (χ1v) is 8.42. The van der Waals surface area contributed by atoms with Gasteiger partial charge in [-0.25, -0.2) is 0 Å². The molecule has 0 unspecified atom stereocenters. The topological polar surface area (TPSA) is 39.7 Å². The lowest BCUT2D eigenvalue weighted by molar-refractivity contribution is 0.220. The number of likely N-dealkylation sites (tertiary alicyclic amines) is 1. The molecule has 0 amide bonds. The molecule has 0 aliphatic carbocycles. The minimum absolute atomic E-state index is 0.752. The minimum atomic E-state index is 0.752. The van der Waals surface area contributed by atoms with Gasteiger partial charge in [0.25, 0.3) is 0 Å². The standard InChI is InChI=1S/C17H27ClN4/c1-19-17(21-13-15-7-10-22(2)11-8-15)20-9-6-14-4-3-5-16(18)12-14/h3-5,12,15H,6-11,13H2,1-2H3,(H2,19,20,21). The summed E-state index contributed by atoms with van der Waals surface area (Å²) in [5.41, 5.74) is 1.24. The van der Waals surface area contributed by atoms with E-state index in [1.165, 1.54) is 31.5 Å². The van der Waals surface area contributed by atoms with Crippen molar-refractivity contribution in [3.8, 4) is 0 Å². The molecule has 0 bridgehead atoms. The Bertz CT molecular complexity index is 481. The lowest BCUT2D eigenvalue weighted by Crippen LogP contribution is -2.42. The summed E-state index contributed by atoms with van der Waals surface area (Å²) in [5.74, 6) is 1.64. The number of benzene rings is 1. The lowest BCUT2D eigenvalue weighted by atomic mass is 9.97. The number of hydrogen-bond donors (Lipinski definition) is 2. The second kappa shape index (κ2) is 9.01. The molecule has 1 aromatic carbocycles. The van der Waals surface area contributed by atoms with Crippen molar-refractivity contribution in [3.63, 3.8) is 0 Å². The zero-order valence-electron chi connectivity index (χ0n) is 13.6. The molecule has 1 aromatic rings. The lowest BCUT2D eigenvalue weighted by Gasteiger charge is -2.29. The van der Waals surface area contributed by atoms with Gasteiger partial charge in [0.1, 0.15) is 0 Å². The molecule has 4 nitrogen and oxygen atoms in total. The van der Waals surface area contributed by atoms with Crippen LogP contribution >= 0.6 is 11.6 Å². The molecule has 0 saturated carbocycles. The van der Waals surface area contributed by atoms with Gasteiger partial charge in [0.15, 0.2) is 5.96 Å². The van der Waals surface area contributed by atoms with Gasteiger partial charge in [-0.05, 0) is 63.0 Å². The fourth-order valence-corrected chi connectivity index (χ4v) is 2.96. The van der Waals surface area contributed by atoms with Crippen LogP contribution in [0.2, 0.25) is 5.02 Å². The molecule has 5 heteroatoms. The molecule has 1 aliphatic rings. The zero-order chi connectivity index (χ0) is 15.8. The van der Waals surface area contributed by atoms with E-state index in [4.69, 9.17) is 11.6 Å². The highest BCUT2D eigenvalue weighted by Crippen LogP contribution is 2.14. The molecular formula is C17H27ClN4. The van der Waals surface area contributed by atoms with Crippen molar-refractivity contribution >= 4 is 17.6 Å². The number of hydrogen-bond acceptors (Lipinski definition) is 2. The van der Waals surface area contributed by atoms with Crippen molar-refractivity contribution in [1.29, 1.82) is 0 Å². The third-order valence-electron chi connectivity index (χ3n) is 4.22. The second-order valence-electron chi connectivity index (χ2n) is 6.01. The number of nitrogens with zero attached hydrogens (tertiary/aromatic N) is 2. The monoisotopic (exact) mass is 322 g/mol. The molecule has 0 spiro atoms. The third kappa shape index (κ3) is 5.85. The van der Waals surface area contributed by atoms with E-state index in [2.05, 4.69) is 33.6 Å². The number of guanidine groups is 1. The largest absolute Gasteiger partial charge is 0.356 e. The van der Waals surface area contributed by atoms with Gasteiger partial charge in [0.05, 0.1) is 0 Å². The Morgan fingerprint density at radius 3 is 2.77 bits per heavy atom. The summed E-state index contributed by atoms with van der Waals surface area (Å²) < 4.78 is 0. The fraction of sp³-hybridized carbons (Fsp3) is 0.588. The van der Waals surface area contributed by atoms with Gasteiger partial charge in [-0.3, -0.25) is 4.99 Å². The summed E-state index contributed by atoms with van der Waals surface area (Å²) in [7, 11) is 4.02. The highest BCUT2D eigenvalue weighted by atomic mass is 35.5. The Labute approximate surface area is 138 Å². The summed E-state index contributed by atoms with van der Waals surface area (Å²) in [5, 5.41) is 7.61. The summed E-state index contributed by atoms with van der Waals surface area (Å²) in [6, 6.07) is 8.01. The van der Waals surface area contributed by atoms with E-state index in [1.807, 2.05) is 25.2 Å². The number of aliphatic imine (C=N–C) groups is 1. The van der Waals surface area contributed by atoms with Crippen LogP contribution in [0, 0.1) is 5.92 Å². The minimum Gasteiger partial charge on any atom is -0.356 e. The Hall–Kier alpha value is -1.26. The van der Waals surface area contributed by atoms with E-state index in [0.29, 0.717) is 0 Å². The Morgan fingerprint density at radius 2 is 2.09 bits per heavy atom. The molecule has 1 heterocycles. The first-order valence-electron chi connectivity index (χ1n) is 8.05. The molecule has 22 heavy (non-hydrogen) atoms. The number of rotatable bonds is 5. The van der Waals surface area contributed by atoms with Gasteiger partial charge in [0.2, 0.25) is 0 Å². The summed E-state index contributed by atoms with van der Waals surface area (Å²) in [6.07, 6.45) is 3.47.